The summed E-state index contributed by atoms with van der Waals surface area (Å²) in [5.74, 6) is -0.173. The van der Waals surface area contributed by atoms with Crippen molar-refractivity contribution in [3.05, 3.63) is 0 Å². The highest BCUT2D eigenvalue weighted by Gasteiger charge is 2.28. The maximum Gasteiger partial charge on any atom is 0.320 e. The number of carbonyl (C=O) groups is 2. The summed E-state index contributed by atoms with van der Waals surface area (Å²) >= 11 is 5.47. The molecule has 0 spiro atoms. The first kappa shape index (κ1) is 13.5. The minimum Gasteiger partial charge on any atom is -0.351 e. The number of nitrogens with zero attached hydrogens (tertiary/aromatic N) is 2. The van der Waals surface area contributed by atoms with Crippen LogP contribution in [0, 0.1) is 0 Å². The molecule has 2 fully saturated rings. The number of urea groups is 1. The third kappa shape index (κ3) is 3.28. The molecule has 5 nitrogen and oxygen atoms in total. The van der Waals surface area contributed by atoms with Gasteiger partial charge < -0.3 is 15.1 Å². The Morgan fingerprint density at radius 1 is 1.11 bits per heavy atom. The molecule has 2 aliphatic rings. The molecule has 2 rings (SSSR count). The van der Waals surface area contributed by atoms with E-state index in [2.05, 4.69) is 5.32 Å². The van der Waals surface area contributed by atoms with Crippen LogP contribution in [0.2, 0.25) is 0 Å². The van der Waals surface area contributed by atoms with Gasteiger partial charge >= 0.3 is 6.03 Å². The van der Waals surface area contributed by atoms with E-state index in [0.29, 0.717) is 6.54 Å². The van der Waals surface area contributed by atoms with Gasteiger partial charge in [0, 0.05) is 32.2 Å². The maximum absolute atomic E-state index is 12.2. The number of nitrogens with one attached hydrogen (secondary N) is 1. The summed E-state index contributed by atoms with van der Waals surface area (Å²) in [4.78, 5) is 27.2. The lowest BCUT2D eigenvalue weighted by Crippen LogP contribution is -2.52. The lowest BCUT2D eigenvalue weighted by molar-refractivity contribution is -0.119. The maximum atomic E-state index is 12.2. The zero-order chi connectivity index (χ0) is 13.0. The molecule has 0 saturated carbocycles. The zero-order valence-corrected chi connectivity index (χ0v) is 11.3. The Morgan fingerprint density at radius 3 is 2.44 bits per heavy atom. The molecule has 1 unspecified atom stereocenters. The summed E-state index contributed by atoms with van der Waals surface area (Å²) in [5.41, 5.74) is 0. The van der Waals surface area contributed by atoms with Crippen molar-refractivity contribution in [2.45, 2.75) is 31.7 Å². The number of alkyl halides is 1. The van der Waals surface area contributed by atoms with Gasteiger partial charge in [0.05, 0.1) is 0 Å². The van der Waals surface area contributed by atoms with Crippen LogP contribution >= 0.6 is 11.6 Å². The van der Waals surface area contributed by atoms with Crippen LogP contribution < -0.4 is 5.32 Å². The average molecular weight is 274 g/mol. The number of rotatable bonds is 2. The van der Waals surface area contributed by atoms with Gasteiger partial charge in [-0.05, 0) is 25.7 Å². The monoisotopic (exact) mass is 273 g/mol. The lowest BCUT2D eigenvalue weighted by atomic mass is 10.1. The molecule has 6 heteroatoms. The summed E-state index contributed by atoms with van der Waals surface area (Å²) in [7, 11) is 0. The molecule has 1 N–H and O–H groups in total. The molecule has 0 aromatic carbocycles. The van der Waals surface area contributed by atoms with Crippen LogP contribution in [0.4, 0.5) is 4.79 Å². The fraction of sp³-hybridized carbons (Fsp3) is 0.833. The number of carbonyl (C=O) groups excluding carboxylic acids is 2. The van der Waals surface area contributed by atoms with E-state index < -0.39 is 0 Å². The Labute approximate surface area is 112 Å². The normalized spacial score (nSPS) is 24.2. The van der Waals surface area contributed by atoms with E-state index >= 15 is 0 Å². The fourth-order valence-electron chi connectivity index (χ4n) is 2.64. The molecule has 2 aliphatic heterocycles. The third-order valence-electron chi connectivity index (χ3n) is 3.55. The molecular weight excluding hydrogens is 254 g/mol. The molecule has 0 aromatic heterocycles. The van der Waals surface area contributed by atoms with Crippen LogP contribution in [-0.2, 0) is 4.79 Å². The molecule has 102 valence electrons. The molecule has 3 amide bonds. The second-order valence-corrected chi connectivity index (χ2v) is 5.23. The van der Waals surface area contributed by atoms with Gasteiger partial charge in [-0.3, -0.25) is 4.79 Å². The van der Waals surface area contributed by atoms with E-state index in [4.69, 9.17) is 11.6 Å². The summed E-state index contributed by atoms with van der Waals surface area (Å²) in [6.45, 7) is 3.14. The average Bonchev–Trinajstić information content (AvgIpc) is 2.92. The number of hydrogen-bond acceptors (Lipinski definition) is 2. The van der Waals surface area contributed by atoms with E-state index in [1.54, 1.807) is 0 Å². The number of hydrogen-bond donors (Lipinski definition) is 1. The number of piperidine rings is 1. The highest BCUT2D eigenvalue weighted by Crippen LogP contribution is 2.15. The Kier molecular flexibility index (Phi) is 4.69. The first-order chi connectivity index (χ1) is 8.70. The zero-order valence-electron chi connectivity index (χ0n) is 10.5. The van der Waals surface area contributed by atoms with Crippen molar-refractivity contribution in [1.29, 1.82) is 0 Å². The molecule has 1 atom stereocenters. The van der Waals surface area contributed by atoms with Gasteiger partial charge in [0.2, 0.25) is 5.91 Å². The van der Waals surface area contributed by atoms with E-state index in [1.165, 1.54) is 0 Å². The van der Waals surface area contributed by atoms with Crippen LogP contribution in [0.5, 0.6) is 0 Å². The molecule has 2 saturated heterocycles. The van der Waals surface area contributed by atoms with Gasteiger partial charge in [-0.25, -0.2) is 4.79 Å². The Balaban J connectivity index is 1.85. The van der Waals surface area contributed by atoms with Crippen molar-refractivity contribution in [1.82, 2.24) is 15.1 Å². The van der Waals surface area contributed by atoms with Crippen molar-refractivity contribution in [3.63, 3.8) is 0 Å². The van der Waals surface area contributed by atoms with Gasteiger partial charge in [-0.2, -0.15) is 0 Å². The first-order valence-corrected chi connectivity index (χ1v) is 7.13. The minimum absolute atomic E-state index is 0.0173. The summed E-state index contributed by atoms with van der Waals surface area (Å²) in [5, 5.41) is 2.86. The first-order valence-electron chi connectivity index (χ1n) is 6.60. The smallest absolute Gasteiger partial charge is 0.320 e. The summed E-state index contributed by atoms with van der Waals surface area (Å²) in [6.07, 6.45) is 4.07. The lowest BCUT2D eigenvalue weighted by Gasteiger charge is -2.35. The van der Waals surface area contributed by atoms with Gasteiger partial charge in [-0.1, -0.05) is 0 Å². The van der Waals surface area contributed by atoms with Gasteiger partial charge in [0.25, 0.3) is 0 Å². The van der Waals surface area contributed by atoms with Crippen molar-refractivity contribution in [2.24, 2.45) is 0 Å². The number of halogens is 1. The van der Waals surface area contributed by atoms with Crippen LogP contribution in [0.1, 0.15) is 25.7 Å². The van der Waals surface area contributed by atoms with Crippen LogP contribution in [0.3, 0.4) is 0 Å². The molecule has 0 radical (unpaired) electrons. The summed E-state index contributed by atoms with van der Waals surface area (Å²) in [6, 6.07) is 0.175. The van der Waals surface area contributed by atoms with Crippen molar-refractivity contribution < 1.29 is 9.59 Å². The molecule has 2 heterocycles. The van der Waals surface area contributed by atoms with Crippen molar-refractivity contribution in [2.75, 3.05) is 32.1 Å². The predicted molar refractivity (Wildman–Crippen MR) is 69.7 cm³/mol. The minimum atomic E-state index is -0.155. The van der Waals surface area contributed by atoms with Gasteiger partial charge in [-0.15, -0.1) is 11.6 Å². The Morgan fingerprint density at radius 2 is 1.78 bits per heavy atom. The quantitative estimate of drug-likeness (QED) is 0.764. The van der Waals surface area contributed by atoms with Crippen molar-refractivity contribution >= 4 is 23.5 Å². The largest absolute Gasteiger partial charge is 0.351 e. The van der Waals surface area contributed by atoms with E-state index in [1.807, 2.05) is 9.80 Å². The summed E-state index contributed by atoms with van der Waals surface area (Å²) < 4.78 is 0. The second kappa shape index (κ2) is 6.27. The Hall–Kier alpha value is -0.970. The molecule has 18 heavy (non-hydrogen) atoms. The van der Waals surface area contributed by atoms with E-state index in [0.717, 1.165) is 45.3 Å². The van der Waals surface area contributed by atoms with E-state index in [9.17, 15) is 9.59 Å². The van der Waals surface area contributed by atoms with Crippen LogP contribution in [0.25, 0.3) is 0 Å². The van der Waals surface area contributed by atoms with Crippen LogP contribution in [-0.4, -0.2) is 59.8 Å². The third-order valence-corrected chi connectivity index (χ3v) is 3.80. The number of likely N-dealkylation sites (tertiary alicyclic amines) is 2. The van der Waals surface area contributed by atoms with Gasteiger partial charge in [0.15, 0.2) is 0 Å². The molecular formula is C12H20ClN3O2. The van der Waals surface area contributed by atoms with Gasteiger partial charge in [0.1, 0.15) is 5.88 Å². The van der Waals surface area contributed by atoms with E-state index in [-0.39, 0.29) is 23.9 Å². The SMILES string of the molecule is O=C(CCl)NC1CCCN(C(=O)N2CCCC2)C1. The standard InChI is InChI=1S/C12H20ClN3O2/c13-8-11(17)14-10-4-3-7-16(9-10)12(18)15-5-1-2-6-15/h10H,1-9H2,(H,14,17). The molecule has 0 aromatic rings. The number of amides is 3. The highest BCUT2D eigenvalue weighted by molar-refractivity contribution is 6.27. The predicted octanol–water partition coefficient (Wildman–Crippen LogP) is 1.02. The molecule has 0 bridgehead atoms. The highest BCUT2D eigenvalue weighted by atomic mass is 35.5. The topological polar surface area (TPSA) is 52.7 Å². The van der Waals surface area contributed by atoms with Crippen molar-refractivity contribution in [3.8, 4) is 0 Å². The molecule has 0 aliphatic carbocycles. The fourth-order valence-corrected chi connectivity index (χ4v) is 2.72. The van der Waals surface area contributed by atoms with Crippen LogP contribution in [0.15, 0.2) is 0 Å². The second-order valence-electron chi connectivity index (χ2n) is 4.96. The Bertz CT molecular complexity index is 318.